The third-order valence-corrected chi connectivity index (χ3v) is 9.18. The highest BCUT2D eigenvalue weighted by atomic mass is 31.1. The summed E-state index contributed by atoms with van der Waals surface area (Å²) in [4.78, 5) is 4.93. The Hall–Kier alpha value is -3.42. The molecule has 4 aromatic rings. The molecule has 0 spiro atoms. The van der Waals surface area contributed by atoms with Crippen LogP contribution in [-0.4, -0.2) is 24.1 Å². The monoisotopic (exact) mass is 535 g/mol. The lowest BCUT2D eigenvalue weighted by Crippen LogP contribution is -2.33. The fraction of sp³-hybridized carbons (Fsp3) is 0.286. The van der Waals surface area contributed by atoms with Crippen molar-refractivity contribution in [3.63, 3.8) is 0 Å². The van der Waals surface area contributed by atoms with E-state index in [4.69, 9.17) is 4.99 Å². The van der Waals surface area contributed by atoms with Gasteiger partial charge in [-0.2, -0.15) is 0 Å². The van der Waals surface area contributed by atoms with Crippen molar-refractivity contribution < 1.29 is 0 Å². The first-order chi connectivity index (χ1) is 18.9. The first-order valence-electron chi connectivity index (χ1n) is 14.0. The zero-order chi connectivity index (χ0) is 27.6. The Bertz CT molecular complexity index is 1280. The summed E-state index contributed by atoms with van der Waals surface area (Å²) in [6.07, 6.45) is 1.77. The number of nitrogens with one attached hydrogen (secondary N) is 2. The Morgan fingerprint density at radius 2 is 1.28 bits per heavy atom. The summed E-state index contributed by atoms with van der Waals surface area (Å²) < 4.78 is 0. The molecule has 0 fully saturated rings. The molecule has 0 radical (unpaired) electrons. The van der Waals surface area contributed by atoms with E-state index in [1.807, 2.05) is 0 Å². The molecule has 0 saturated carbocycles. The minimum atomic E-state index is -0.568. The van der Waals surface area contributed by atoms with Gasteiger partial charge in [0.1, 0.15) is 5.84 Å². The van der Waals surface area contributed by atoms with Gasteiger partial charge in [-0.1, -0.05) is 109 Å². The number of rotatable bonds is 11. The molecule has 0 aliphatic carbocycles. The van der Waals surface area contributed by atoms with Gasteiger partial charge >= 0.3 is 0 Å². The number of amidine groups is 1. The highest BCUT2D eigenvalue weighted by molar-refractivity contribution is 7.73. The molecule has 202 valence electrons. The van der Waals surface area contributed by atoms with Crippen LogP contribution in [0.5, 0.6) is 0 Å². The highest BCUT2D eigenvalue weighted by Crippen LogP contribution is 2.40. The lowest BCUT2D eigenvalue weighted by Gasteiger charge is -2.29. The van der Waals surface area contributed by atoms with Crippen LogP contribution in [0.25, 0.3) is 0 Å². The molecule has 0 heterocycles. The first kappa shape index (κ1) is 28.6. The van der Waals surface area contributed by atoms with Gasteiger partial charge in [-0.25, -0.2) is 0 Å². The van der Waals surface area contributed by atoms with Crippen molar-refractivity contribution >= 4 is 30.1 Å². The minimum Gasteiger partial charge on any atom is -0.377 e. The fourth-order valence-electron chi connectivity index (χ4n) is 4.89. The summed E-state index contributed by atoms with van der Waals surface area (Å²) in [6, 6.07) is 40.2. The summed E-state index contributed by atoms with van der Waals surface area (Å²) in [5.41, 5.74) is 5.05. The number of anilines is 1. The van der Waals surface area contributed by atoms with Crippen molar-refractivity contribution in [1.29, 1.82) is 0 Å². The van der Waals surface area contributed by atoms with Gasteiger partial charge in [-0.15, -0.1) is 0 Å². The second-order valence-corrected chi connectivity index (χ2v) is 12.9. The average molecular weight is 536 g/mol. The Kier molecular flexibility index (Phi) is 10.3. The summed E-state index contributed by atoms with van der Waals surface area (Å²) in [6.45, 7) is 10.8. The Morgan fingerprint density at radius 1 is 0.718 bits per heavy atom. The molecule has 0 aliphatic rings. The molecule has 3 nitrogen and oxygen atoms in total. The van der Waals surface area contributed by atoms with Crippen molar-refractivity contribution in [1.82, 2.24) is 5.32 Å². The van der Waals surface area contributed by atoms with E-state index in [1.54, 1.807) is 0 Å². The van der Waals surface area contributed by atoms with Crippen LogP contribution < -0.4 is 21.2 Å². The molecule has 2 N–H and O–H groups in total. The quantitative estimate of drug-likeness (QED) is 0.118. The molecule has 4 aromatic carbocycles. The van der Waals surface area contributed by atoms with E-state index in [9.17, 15) is 0 Å². The van der Waals surface area contributed by atoms with E-state index in [1.165, 1.54) is 33.0 Å². The number of aryl methyl sites for hydroxylation is 1. The molecule has 0 aromatic heterocycles. The summed E-state index contributed by atoms with van der Waals surface area (Å²) >= 11 is 0. The molecule has 1 unspecified atom stereocenters. The second-order valence-electron chi connectivity index (χ2n) is 10.6. The maximum Gasteiger partial charge on any atom is 0.101 e. The third-order valence-electron chi connectivity index (χ3n) is 6.61. The van der Waals surface area contributed by atoms with Crippen LogP contribution in [0, 0.1) is 6.92 Å². The molecule has 0 saturated heterocycles. The zero-order valence-corrected chi connectivity index (χ0v) is 24.8. The van der Waals surface area contributed by atoms with Gasteiger partial charge in [0.2, 0.25) is 0 Å². The molecule has 4 rings (SSSR count). The fourth-order valence-corrected chi connectivity index (χ4v) is 7.34. The maximum atomic E-state index is 4.93. The van der Waals surface area contributed by atoms with Gasteiger partial charge in [0, 0.05) is 30.4 Å². The molecule has 0 aliphatic heterocycles. The standard InChI is InChI=1S/C35H42N3P/c1-26(2)36-34(37-27(3)4)24-30-19-15-16-28(5)35(30)38-33(29-17-9-6-10-18-29)25-39(31-20-11-7-12-21-31)32-22-13-8-14-23-32/h6-23,26-27,33,38H,24-25H2,1-5H3,(H,36,37). The molecular formula is C35H42N3P. The lowest BCUT2D eigenvalue weighted by molar-refractivity contribution is 0.709. The second kappa shape index (κ2) is 14.1. The number of hydrogen-bond donors (Lipinski definition) is 2. The molecular weight excluding hydrogens is 493 g/mol. The van der Waals surface area contributed by atoms with Gasteiger partial charge < -0.3 is 10.6 Å². The topological polar surface area (TPSA) is 36.4 Å². The summed E-state index contributed by atoms with van der Waals surface area (Å²) in [5, 5.41) is 10.4. The van der Waals surface area contributed by atoms with Crippen molar-refractivity contribution in [3.8, 4) is 0 Å². The highest BCUT2D eigenvalue weighted by Gasteiger charge is 2.23. The van der Waals surface area contributed by atoms with Crippen LogP contribution in [0.4, 0.5) is 5.69 Å². The molecule has 0 amide bonds. The Balaban J connectivity index is 1.73. The summed E-state index contributed by atoms with van der Waals surface area (Å²) in [5.74, 6) is 1.04. The first-order valence-corrected chi connectivity index (χ1v) is 15.5. The Morgan fingerprint density at radius 3 is 1.82 bits per heavy atom. The largest absolute Gasteiger partial charge is 0.377 e. The predicted octanol–water partition coefficient (Wildman–Crippen LogP) is 7.63. The van der Waals surface area contributed by atoms with E-state index < -0.39 is 7.92 Å². The van der Waals surface area contributed by atoms with Gasteiger partial charge in [0.25, 0.3) is 0 Å². The zero-order valence-electron chi connectivity index (χ0n) is 23.9. The molecule has 4 heteroatoms. The molecule has 39 heavy (non-hydrogen) atoms. The van der Waals surface area contributed by atoms with Crippen molar-refractivity contribution in [2.45, 2.75) is 59.2 Å². The summed E-state index contributed by atoms with van der Waals surface area (Å²) in [7, 11) is -0.568. The normalized spacial score (nSPS) is 12.7. The number of benzene rings is 4. The van der Waals surface area contributed by atoms with E-state index in [-0.39, 0.29) is 12.1 Å². The molecule has 1 atom stereocenters. The van der Waals surface area contributed by atoms with Crippen LogP contribution >= 0.6 is 7.92 Å². The van der Waals surface area contributed by atoms with E-state index in [0.717, 1.165) is 18.4 Å². The van der Waals surface area contributed by atoms with Crippen LogP contribution in [0.15, 0.2) is 114 Å². The number of aliphatic imine (C=N–C) groups is 1. The van der Waals surface area contributed by atoms with E-state index in [0.29, 0.717) is 6.04 Å². The number of nitrogens with zero attached hydrogens (tertiary/aromatic N) is 1. The van der Waals surface area contributed by atoms with E-state index in [2.05, 4.69) is 154 Å². The van der Waals surface area contributed by atoms with E-state index >= 15 is 0 Å². The number of para-hydroxylation sites is 1. The predicted molar refractivity (Wildman–Crippen MR) is 172 cm³/mol. The lowest BCUT2D eigenvalue weighted by atomic mass is 10.0. The van der Waals surface area contributed by atoms with Crippen LogP contribution in [0.3, 0.4) is 0 Å². The van der Waals surface area contributed by atoms with Crippen molar-refractivity contribution in [3.05, 3.63) is 126 Å². The minimum absolute atomic E-state index is 0.154. The molecule has 0 bridgehead atoms. The maximum absolute atomic E-state index is 4.93. The SMILES string of the molecule is Cc1cccc(CC(=NC(C)C)NC(C)C)c1NC(CP(c1ccccc1)c1ccccc1)c1ccccc1. The van der Waals surface area contributed by atoms with Crippen molar-refractivity contribution in [2.75, 3.05) is 11.5 Å². The Labute approximate surface area is 236 Å². The van der Waals surface area contributed by atoms with Crippen molar-refractivity contribution in [2.24, 2.45) is 4.99 Å². The van der Waals surface area contributed by atoms with Crippen LogP contribution in [0.2, 0.25) is 0 Å². The number of hydrogen-bond acceptors (Lipinski definition) is 2. The van der Waals surface area contributed by atoms with Gasteiger partial charge in [-0.05, 0) is 69.8 Å². The van der Waals surface area contributed by atoms with Gasteiger partial charge in [0.05, 0.1) is 6.04 Å². The van der Waals surface area contributed by atoms with Crippen LogP contribution in [-0.2, 0) is 6.42 Å². The van der Waals surface area contributed by atoms with Gasteiger partial charge in [-0.3, -0.25) is 4.99 Å². The smallest absolute Gasteiger partial charge is 0.101 e. The third kappa shape index (κ3) is 8.28. The van der Waals surface area contributed by atoms with Gasteiger partial charge in [0.15, 0.2) is 0 Å². The average Bonchev–Trinajstić information content (AvgIpc) is 2.93. The van der Waals surface area contributed by atoms with Crippen LogP contribution in [0.1, 0.15) is 50.4 Å².